The fourth-order valence-corrected chi connectivity index (χ4v) is 8.04. The molecule has 1 heterocycles. The fourth-order valence-electron chi connectivity index (χ4n) is 8.04. The number of fused-ring (bicyclic) bond motifs is 3. The number of rotatable bonds is 9. The zero-order valence-electron chi connectivity index (χ0n) is 31.7. The van der Waals surface area contributed by atoms with Crippen molar-refractivity contribution in [1.82, 2.24) is 4.57 Å². The maximum Gasteiger partial charge on any atom is 0.0615 e. The first-order chi connectivity index (χ1) is 27.6. The van der Waals surface area contributed by atoms with Gasteiger partial charge >= 0.3 is 0 Å². The van der Waals surface area contributed by atoms with Gasteiger partial charge in [0.2, 0.25) is 0 Å². The molecule has 0 aliphatic carbocycles. The van der Waals surface area contributed by atoms with Crippen molar-refractivity contribution < 1.29 is 0 Å². The third-order valence-corrected chi connectivity index (χ3v) is 10.9. The van der Waals surface area contributed by atoms with Gasteiger partial charge in [-0.2, -0.15) is 0 Å². The molecule has 56 heavy (non-hydrogen) atoms. The summed E-state index contributed by atoms with van der Waals surface area (Å²) in [5, 5.41) is 3.72. The quantitative estimate of drug-likeness (QED) is 0.135. The van der Waals surface area contributed by atoms with Crippen LogP contribution in [0.3, 0.4) is 0 Å². The molecule has 0 saturated carbocycles. The van der Waals surface area contributed by atoms with Gasteiger partial charge < -0.3 is 9.47 Å². The SMILES string of the molecule is C=C/C=C\c1c(C)n(-c2ccc(-c3ccccc3-c3ccc(N(c4ccc(C)cc4)c4ccc(-c5ccccc5)cc4)cc3)cc2)c2c1ccc1ccccc12. The van der Waals surface area contributed by atoms with E-state index in [0.29, 0.717) is 0 Å². The monoisotopic (exact) mass is 718 g/mol. The van der Waals surface area contributed by atoms with Crippen molar-refractivity contribution in [2.75, 3.05) is 4.90 Å². The van der Waals surface area contributed by atoms with Crippen LogP contribution in [0.1, 0.15) is 16.8 Å². The summed E-state index contributed by atoms with van der Waals surface area (Å²) < 4.78 is 2.41. The van der Waals surface area contributed by atoms with Crippen molar-refractivity contribution in [2.24, 2.45) is 0 Å². The van der Waals surface area contributed by atoms with E-state index in [-0.39, 0.29) is 0 Å². The standard InChI is InChI=1S/C54H42N2/c1-4-5-16-49-39(3)55(54-52-19-10-9-15-42(52)28-37-53(49)54)45-33-24-43(25-34-45)50-17-11-12-18-51(50)44-26-35-48(36-27-44)56(46-29-20-38(2)21-30-46)47-31-22-41(23-32-47)40-13-7-6-8-14-40/h4-37H,1H2,2-3H3/b16-5-. The van der Waals surface area contributed by atoms with Gasteiger partial charge in [-0.1, -0.05) is 170 Å². The van der Waals surface area contributed by atoms with Gasteiger partial charge in [-0.25, -0.2) is 0 Å². The van der Waals surface area contributed by atoms with Crippen LogP contribution in [0.5, 0.6) is 0 Å². The average Bonchev–Trinajstić information content (AvgIpc) is 3.55. The van der Waals surface area contributed by atoms with Crippen LogP contribution in [0.2, 0.25) is 0 Å². The van der Waals surface area contributed by atoms with Crippen LogP contribution in [0.4, 0.5) is 17.1 Å². The van der Waals surface area contributed by atoms with Crippen molar-refractivity contribution in [3.8, 4) is 39.1 Å². The third-order valence-electron chi connectivity index (χ3n) is 10.9. The predicted molar refractivity (Wildman–Crippen MR) is 240 cm³/mol. The Hall–Kier alpha value is -7.16. The molecule has 1 aromatic heterocycles. The lowest BCUT2D eigenvalue weighted by atomic mass is 9.94. The van der Waals surface area contributed by atoms with Crippen molar-refractivity contribution in [3.63, 3.8) is 0 Å². The number of allylic oxidation sites excluding steroid dienone is 2. The van der Waals surface area contributed by atoms with Crippen LogP contribution in [-0.4, -0.2) is 4.57 Å². The van der Waals surface area contributed by atoms with Crippen molar-refractivity contribution in [2.45, 2.75) is 13.8 Å². The van der Waals surface area contributed by atoms with Gasteiger partial charge in [-0.05, 0) is 101 Å². The molecule has 0 saturated heterocycles. The number of nitrogens with zero attached hydrogens (tertiary/aromatic N) is 2. The average molecular weight is 719 g/mol. The number of hydrogen-bond acceptors (Lipinski definition) is 1. The molecule has 0 radical (unpaired) electrons. The van der Waals surface area contributed by atoms with Gasteiger partial charge in [0, 0.05) is 44.8 Å². The fraction of sp³-hybridized carbons (Fsp3) is 0.0370. The van der Waals surface area contributed by atoms with Crippen LogP contribution < -0.4 is 4.90 Å². The summed E-state index contributed by atoms with van der Waals surface area (Å²) in [6, 6.07) is 68.0. The highest BCUT2D eigenvalue weighted by Gasteiger charge is 2.18. The molecule has 2 heteroatoms. The second kappa shape index (κ2) is 14.9. The molecule has 0 aliphatic heterocycles. The van der Waals surface area contributed by atoms with E-state index in [1.165, 1.54) is 71.9 Å². The summed E-state index contributed by atoms with van der Waals surface area (Å²) in [7, 11) is 0. The molecule has 2 nitrogen and oxygen atoms in total. The number of hydrogen-bond donors (Lipinski definition) is 0. The maximum atomic E-state index is 3.92. The predicted octanol–water partition coefficient (Wildman–Crippen LogP) is 15.1. The Morgan fingerprint density at radius 3 is 1.61 bits per heavy atom. The Morgan fingerprint density at radius 1 is 0.464 bits per heavy atom. The minimum atomic E-state index is 1.11. The molecule has 0 bridgehead atoms. The molecule has 0 spiro atoms. The van der Waals surface area contributed by atoms with Gasteiger partial charge in [0.15, 0.2) is 0 Å². The summed E-state index contributed by atoms with van der Waals surface area (Å²) in [6.07, 6.45) is 6.04. The molecule has 9 aromatic rings. The van der Waals surface area contributed by atoms with Crippen LogP contribution in [-0.2, 0) is 0 Å². The highest BCUT2D eigenvalue weighted by atomic mass is 15.1. The second-order valence-corrected chi connectivity index (χ2v) is 14.3. The first-order valence-electron chi connectivity index (χ1n) is 19.2. The molecule has 0 amide bonds. The van der Waals surface area contributed by atoms with E-state index < -0.39 is 0 Å². The van der Waals surface area contributed by atoms with Gasteiger partial charge in [-0.15, -0.1) is 0 Å². The van der Waals surface area contributed by atoms with Gasteiger partial charge in [0.05, 0.1) is 5.52 Å². The van der Waals surface area contributed by atoms with E-state index in [1.807, 2.05) is 12.2 Å². The molecule has 9 rings (SSSR count). The lowest BCUT2D eigenvalue weighted by Crippen LogP contribution is -2.09. The Kier molecular flexibility index (Phi) is 9.23. The molecule has 0 aliphatic rings. The zero-order chi connectivity index (χ0) is 38.0. The molecule has 268 valence electrons. The summed E-state index contributed by atoms with van der Waals surface area (Å²) in [4.78, 5) is 2.33. The molecule has 0 atom stereocenters. The topological polar surface area (TPSA) is 8.17 Å². The zero-order valence-corrected chi connectivity index (χ0v) is 31.7. The normalized spacial score (nSPS) is 11.4. The third kappa shape index (κ3) is 6.42. The summed E-state index contributed by atoms with van der Waals surface area (Å²) in [6.45, 7) is 8.27. The summed E-state index contributed by atoms with van der Waals surface area (Å²) >= 11 is 0. The molecule has 0 unspecified atom stereocenters. The van der Waals surface area contributed by atoms with Crippen LogP contribution >= 0.6 is 0 Å². The number of benzene rings is 8. The molecule has 8 aromatic carbocycles. The van der Waals surface area contributed by atoms with Crippen LogP contribution in [0.25, 0.3) is 66.8 Å². The Balaban J connectivity index is 1.07. The Morgan fingerprint density at radius 2 is 0.982 bits per heavy atom. The van der Waals surface area contributed by atoms with Crippen molar-refractivity contribution >= 4 is 44.8 Å². The number of aryl methyl sites for hydroxylation is 1. The van der Waals surface area contributed by atoms with Crippen molar-refractivity contribution in [1.29, 1.82) is 0 Å². The highest BCUT2D eigenvalue weighted by molar-refractivity contribution is 6.10. The Labute approximate surface area is 329 Å². The minimum Gasteiger partial charge on any atom is -0.313 e. The first-order valence-corrected chi connectivity index (χ1v) is 19.2. The number of anilines is 3. The van der Waals surface area contributed by atoms with E-state index in [9.17, 15) is 0 Å². The molecular weight excluding hydrogens is 677 g/mol. The lowest BCUT2D eigenvalue weighted by molar-refractivity contribution is 1.05. The smallest absolute Gasteiger partial charge is 0.0615 e. The molecule has 0 N–H and O–H groups in total. The van der Waals surface area contributed by atoms with E-state index in [0.717, 1.165) is 22.7 Å². The van der Waals surface area contributed by atoms with E-state index in [4.69, 9.17) is 0 Å². The first kappa shape index (κ1) is 34.6. The molecular formula is C54H42N2. The van der Waals surface area contributed by atoms with Gasteiger partial charge in [-0.3, -0.25) is 0 Å². The van der Waals surface area contributed by atoms with Crippen molar-refractivity contribution in [3.05, 3.63) is 224 Å². The number of aromatic nitrogens is 1. The van der Waals surface area contributed by atoms with E-state index in [1.54, 1.807) is 0 Å². The largest absolute Gasteiger partial charge is 0.313 e. The van der Waals surface area contributed by atoms with Gasteiger partial charge in [0.1, 0.15) is 0 Å². The van der Waals surface area contributed by atoms with E-state index in [2.05, 4.69) is 224 Å². The summed E-state index contributed by atoms with van der Waals surface area (Å²) in [5.74, 6) is 0. The van der Waals surface area contributed by atoms with Gasteiger partial charge in [0.25, 0.3) is 0 Å². The Bertz CT molecular complexity index is 2840. The van der Waals surface area contributed by atoms with Crippen LogP contribution in [0.15, 0.2) is 207 Å². The van der Waals surface area contributed by atoms with E-state index >= 15 is 0 Å². The minimum absolute atomic E-state index is 1.11. The summed E-state index contributed by atoms with van der Waals surface area (Å²) in [5.41, 5.74) is 16.5. The lowest BCUT2D eigenvalue weighted by Gasteiger charge is -2.26. The highest BCUT2D eigenvalue weighted by Crippen LogP contribution is 2.40. The second-order valence-electron chi connectivity index (χ2n) is 14.3. The van der Waals surface area contributed by atoms with Crippen LogP contribution in [0, 0.1) is 13.8 Å². The molecule has 0 fully saturated rings. The maximum absolute atomic E-state index is 3.92.